The Morgan fingerprint density at radius 1 is 1.25 bits per heavy atom. The second-order valence-corrected chi connectivity index (χ2v) is 4.88. The van der Waals surface area contributed by atoms with Gasteiger partial charge in [0.25, 0.3) is 0 Å². The van der Waals surface area contributed by atoms with Crippen LogP contribution in [0, 0.1) is 0 Å². The molecule has 0 radical (unpaired) electrons. The molecule has 2 aromatic carbocycles. The Labute approximate surface area is 117 Å². The molecule has 4 heteroatoms. The molecular formula is C16H17NO3. The van der Waals surface area contributed by atoms with Crippen molar-refractivity contribution in [1.29, 1.82) is 0 Å². The molecule has 0 aliphatic carbocycles. The lowest BCUT2D eigenvalue weighted by Gasteiger charge is -2.24. The molecule has 0 saturated heterocycles. The van der Waals surface area contributed by atoms with Gasteiger partial charge in [-0.25, -0.2) is 0 Å². The van der Waals surface area contributed by atoms with Gasteiger partial charge in [-0.1, -0.05) is 30.3 Å². The van der Waals surface area contributed by atoms with Crippen LogP contribution >= 0.6 is 0 Å². The molecule has 3 rings (SSSR count). The highest BCUT2D eigenvalue weighted by Gasteiger charge is 2.22. The molecule has 0 aromatic heterocycles. The van der Waals surface area contributed by atoms with Crippen molar-refractivity contribution < 1.29 is 14.6 Å². The van der Waals surface area contributed by atoms with Gasteiger partial charge in [0.1, 0.15) is 12.4 Å². The van der Waals surface area contributed by atoms with E-state index in [2.05, 4.69) is 0 Å². The van der Waals surface area contributed by atoms with Crippen LogP contribution in [0.15, 0.2) is 42.5 Å². The van der Waals surface area contributed by atoms with Gasteiger partial charge < -0.3 is 20.3 Å². The molecule has 0 unspecified atom stereocenters. The molecule has 2 aromatic rings. The van der Waals surface area contributed by atoms with Crippen LogP contribution in [-0.2, 0) is 6.61 Å². The minimum absolute atomic E-state index is 0.0840. The largest absolute Gasteiger partial charge is 0.504 e. The number of benzene rings is 2. The number of fused-ring (bicyclic) bond motifs is 1. The lowest BCUT2D eigenvalue weighted by Crippen LogP contribution is -2.20. The highest BCUT2D eigenvalue weighted by atomic mass is 16.5. The third-order valence-corrected chi connectivity index (χ3v) is 3.39. The molecule has 1 aliphatic heterocycles. The predicted octanol–water partition coefficient (Wildman–Crippen LogP) is 2.75. The van der Waals surface area contributed by atoms with Gasteiger partial charge >= 0.3 is 0 Å². The molecule has 1 atom stereocenters. The summed E-state index contributed by atoms with van der Waals surface area (Å²) >= 11 is 0. The molecule has 3 N–H and O–H groups in total. The van der Waals surface area contributed by atoms with Crippen LogP contribution < -0.4 is 15.2 Å². The van der Waals surface area contributed by atoms with E-state index < -0.39 is 0 Å². The van der Waals surface area contributed by atoms with Crippen LogP contribution in [0.4, 0.5) is 0 Å². The molecule has 4 nitrogen and oxygen atoms in total. The summed E-state index contributed by atoms with van der Waals surface area (Å²) in [6, 6.07) is 13.2. The summed E-state index contributed by atoms with van der Waals surface area (Å²) in [6.45, 7) is 0.987. The Hall–Kier alpha value is -2.20. The second kappa shape index (κ2) is 5.43. The number of phenolic OH excluding ortho intramolecular Hbond substituents is 1. The SMILES string of the molecule is N[C@H]1CCOc2c(O)cc(OCc3ccccc3)cc21. The lowest BCUT2D eigenvalue weighted by atomic mass is 10.0. The molecule has 0 fully saturated rings. The first-order valence-corrected chi connectivity index (χ1v) is 6.66. The fourth-order valence-corrected chi connectivity index (χ4v) is 2.31. The first-order chi connectivity index (χ1) is 9.74. The first-order valence-electron chi connectivity index (χ1n) is 6.66. The van der Waals surface area contributed by atoms with Crippen LogP contribution in [-0.4, -0.2) is 11.7 Å². The maximum absolute atomic E-state index is 9.99. The topological polar surface area (TPSA) is 64.7 Å². The third-order valence-electron chi connectivity index (χ3n) is 3.39. The number of nitrogens with two attached hydrogens (primary N) is 1. The molecule has 104 valence electrons. The zero-order valence-electron chi connectivity index (χ0n) is 11.1. The van der Waals surface area contributed by atoms with Gasteiger partial charge in [-0.15, -0.1) is 0 Å². The number of phenols is 1. The second-order valence-electron chi connectivity index (χ2n) is 4.88. The first kappa shape index (κ1) is 12.8. The normalized spacial score (nSPS) is 17.1. The van der Waals surface area contributed by atoms with E-state index in [1.807, 2.05) is 36.4 Å². The highest BCUT2D eigenvalue weighted by molar-refractivity contribution is 5.53. The molecule has 1 heterocycles. The van der Waals surface area contributed by atoms with Crippen LogP contribution in [0.3, 0.4) is 0 Å². The van der Waals surface area contributed by atoms with E-state index in [0.29, 0.717) is 24.7 Å². The monoisotopic (exact) mass is 271 g/mol. The van der Waals surface area contributed by atoms with Gasteiger partial charge in [0, 0.05) is 24.1 Å². The summed E-state index contributed by atoms with van der Waals surface area (Å²) in [5.74, 6) is 1.17. The summed E-state index contributed by atoms with van der Waals surface area (Å²) in [5.41, 5.74) is 7.92. The fourth-order valence-electron chi connectivity index (χ4n) is 2.31. The van der Waals surface area contributed by atoms with Crippen molar-refractivity contribution in [2.75, 3.05) is 6.61 Å². The van der Waals surface area contributed by atoms with Crippen LogP contribution in [0.25, 0.3) is 0 Å². The van der Waals surface area contributed by atoms with Gasteiger partial charge in [-0.2, -0.15) is 0 Å². The quantitative estimate of drug-likeness (QED) is 0.901. The Bertz CT molecular complexity index is 598. The summed E-state index contributed by atoms with van der Waals surface area (Å²) in [7, 11) is 0. The zero-order chi connectivity index (χ0) is 13.9. The average molecular weight is 271 g/mol. The van der Waals surface area contributed by atoms with Crippen molar-refractivity contribution in [3.63, 3.8) is 0 Å². The Kier molecular flexibility index (Phi) is 3.48. The number of aromatic hydroxyl groups is 1. The summed E-state index contributed by atoms with van der Waals surface area (Å²) in [4.78, 5) is 0. The number of ether oxygens (including phenoxy) is 2. The van der Waals surface area contributed by atoms with Crippen molar-refractivity contribution in [3.05, 3.63) is 53.6 Å². The molecule has 0 bridgehead atoms. The van der Waals surface area contributed by atoms with Crippen LogP contribution in [0.2, 0.25) is 0 Å². The molecule has 0 spiro atoms. The molecular weight excluding hydrogens is 254 g/mol. The third kappa shape index (κ3) is 2.56. The smallest absolute Gasteiger partial charge is 0.165 e. The van der Waals surface area contributed by atoms with Gasteiger partial charge in [0.2, 0.25) is 0 Å². The number of rotatable bonds is 3. The van der Waals surface area contributed by atoms with Crippen molar-refractivity contribution >= 4 is 0 Å². The van der Waals surface area contributed by atoms with Crippen molar-refractivity contribution in [2.24, 2.45) is 5.73 Å². The Morgan fingerprint density at radius 2 is 2.05 bits per heavy atom. The van der Waals surface area contributed by atoms with E-state index in [9.17, 15) is 5.11 Å². The van der Waals surface area contributed by atoms with Gasteiger partial charge in [0.05, 0.1) is 6.61 Å². The minimum atomic E-state index is -0.120. The summed E-state index contributed by atoms with van der Waals surface area (Å²) in [6.07, 6.45) is 0.745. The van der Waals surface area contributed by atoms with Gasteiger partial charge in [0.15, 0.2) is 11.5 Å². The van der Waals surface area contributed by atoms with E-state index >= 15 is 0 Å². The molecule has 1 aliphatic rings. The van der Waals surface area contributed by atoms with Crippen molar-refractivity contribution in [2.45, 2.75) is 19.1 Å². The highest BCUT2D eigenvalue weighted by Crippen LogP contribution is 2.41. The van der Waals surface area contributed by atoms with E-state index in [1.165, 1.54) is 0 Å². The minimum Gasteiger partial charge on any atom is -0.504 e. The van der Waals surface area contributed by atoms with Crippen LogP contribution in [0.1, 0.15) is 23.6 Å². The zero-order valence-corrected chi connectivity index (χ0v) is 11.1. The Balaban J connectivity index is 1.81. The van der Waals surface area contributed by atoms with Gasteiger partial charge in [-0.3, -0.25) is 0 Å². The van der Waals surface area contributed by atoms with E-state index in [0.717, 1.165) is 17.5 Å². The van der Waals surface area contributed by atoms with E-state index in [1.54, 1.807) is 6.07 Å². The van der Waals surface area contributed by atoms with E-state index in [-0.39, 0.29) is 11.8 Å². The Morgan fingerprint density at radius 3 is 2.85 bits per heavy atom. The molecule has 20 heavy (non-hydrogen) atoms. The van der Waals surface area contributed by atoms with Crippen molar-refractivity contribution in [3.8, 4) is 17.2 Å². The summed E-state index contributed by atoms with van der Waals surface area (Å²) < 4.78 is 11.2. The maximum Gasteiger partial charge on any atom is 0.165 e. The summed E-state index contributed by atoms with van der Waals surface area (Å²) in [5, 5.41) is 9.99. The lowest BCUT2D eigenvalue weighted by molar-refractivity contribution is 0.251. The number of hydrogen-bond acceptors (Lipinski definition) is 4. The van der Waals surface area contributed by atoms with Crippen LogP contribution in [0.5, 0.6) is 17.2 Å². The van der Waals surface area contributed by atoms with Crippen molar-refractivity contribution in [1.82, 2.24) is 0 Å². The fraction of sp³-hybridized carbons (Fsp3) is 0.250. The molecule has 0 saturated carbocycles. The maximum atomic E-state index is 9.99. The van der Waals surface area contributed by atoms with E-state index in [4.69, 9.17) is 15.2 Å². The van der Waals surface area contributed by atoms with Gasteiger partial charge in [-0.05, 0) is 11.6 Å². The standard InChI is InChI=1S/C16H17NO3/c17-14-6-7-19-16-13(14)8-12(9-15(16)18)20-10-11-4-2-1-3-5-11/h1-5,8-9,14,18H,6-7,10,17H2/t14-/m0/s1. The number of hydrogen-bond donors (Lipinski definition) is 2. The molecule has 0 amide bonds. The average Bonchev–Trinajstić information content (AvgIpc) is 2.47. The predicted molar refractivity (Wildman–Crippen MR) is 75.9 cm³/mol.